The molecule has 0 heterocycles. The molecule has 0 amide bonds. The third-order valence-electron chi connectivity index (χ3n) is 2.38. The van der Waals surface area contributed by atoms with Crippen LogP contribution in [0.25, 0.3) is 0 Å². The first-order chi connectivity index (χ1) is 8.08. The lowest BCUT2D eigenvalue weighted by Gasteiger charge is -2.17. The number of halogens is 1. The molecule has 0 saturated carbocycles. The highest BCUT2D eigenvalue weighted by Crippen LogP contribution is 2.29. The molecular weight excluding hydrogens is 304 g/mol. The van der Waals surface area contributed by atoms with Crippen LogP contribution in [0.4, 0.5) is 11.4 Å². The van der Waals surface area contributed by atoms with Crippen LogP contribution >= 0.6 is 27.7 Å². The average molecular weight is 319 g/mol. The first kappa shape index (κ1) is 14.3. The predicted molar refractivity (Wildman–Crippen MR) is 76.9 cm³/mol. The number of anilines is 1. The molecule has 1 aromatic carbocycles. The van der Waals surface area contributed by atoms with Crippen molar-refractivity contribution in [1.29, 1.82) is 0 Å². The van der Waals surface area contributed by atoms with Gasteiger partial charge in [0, 0.05) is 22.3 Å². The van der Waals surface area contributed by atoms with Gasteiger partial charge in [0.2, 0.25) is 0 Å². The molecule has 1 aromatic rings. The molecule has 0 aliphatic heterocycles. The van der Waals surface area contributed by atoms with Gasteiger partial charge < -0.3 is 5.32 Å². The van der Waals surface area contributed by atoms with Crippen LogP contribution in [0, 0.1) is 10.1 Å². The Balaban J connectivity index is 2.92. The summed E-state index contributed by atoms with van der Waals surface area (Å²) in [6.45, 7) is 2.07. The predicted octanol–water partition coefficient (Wildman–Crippen LogP) is 3.91. The summed E-state index contributed by atoms with van der Waals surface area (Å²) in [4.78, 5) is 10.6. The van der Waals surface area contributed by atoms with Crippen LogP contribution in [0.5, 0.6) is 0 Å². The van der Waals surface area contributed by atoms with Crippen LogP contribution in [-0.4, -0.2) is 23.0 Å². The van der Waals surface area contributed by atoms with Gasteiger partial charge in [-0.1, -0.05) is 22.9 Å². The summed E-state index contributed by atoms with van der Waals surface area (Å²) in [6, 6.07) is 5.32. The van der Waals surface area contributed by atoms with Gasteiger partial charge in [-0.15, -0.1) is 0 Å². The molecule has 94 valence electrons. The van der Waals surface area contributed by atoms with Gasteiger partial charge in [-0.05, 0) is 24.8 Å². The minimum Gasteiger partial charge on any atom is -0.376 e. The molecule has 0 aromatic heterocycles. The van der Waals surface area contributed by atoms with E-state index >= 15 is 0 Å². The van der Waals surface area contributed by atoms with Crippen molar-refractivity contribution in [3.8, 4) is 0 Å². The number of hydrogen-bond donors (Lipinski definition) is 1. The van der Waals surface area contributed by atoms with Crippen molar-refractivity contribution < 1.29 is 4.92 Å². The van der Waals surface area contributed by atoms with Crippen LogP contribution < -0.4 is 5.32 Å². The van der Waals surface area contributed by atoms with Gasteiger partial charge in [-0.2, -0.15) is 11.8 Å². The minimum atomic E-state index is -0.362. The van der Waals surface area contributed by atoms with Crippen LogP contribution in [0.2, 0.25) is 0 Å². The molecule has 0 radical (unpaired) electrons. The van der Waals surface area contributed by atoms with Crippen molar-refractivity contribution in [3.63, 3.8) is 0 Å². The molecule has 0 spiro atoms. The van der Waals surface area contributed by atoms with E-state index in [1.807, 2.05) is 6.26 Å². The third-order valence-corrected chi connectivity index (χ3v) is 3.61. The van der Waals surface area contributed by atoms with Crippen molar-refractivity contribution in [2.45, 2.75) is 19.4 Å². The molecule has 4 nitrogen and oxygen atoms in total. The Bertz CT molecular complexity index is 401. The monoisotopic (exact) mass is 318 g/mol. The summed E-state index contributed by atoms with van der Waals surface area (Å²) >= 11 is 4.97. The fourth-order valence-electron chi connectivity index (χ4n) is 1.46. The fourth-order valence-corrected chi connectivity index (χ4v) is 2.53. The SMILES string of the molecule is CCC(CSC)Nc1ccc(Br)cc1[N+](=O)[O-]. The van der Waals surface area contributed by atoms with Crippen molar-refractivity contribution in [2.24, 2.45) is 0 Å². The van der Waals surface area contributed by atoms with E-state index in [0.29, 0.717) is 10.2 Å². The maximum absolute atomic E-state index is 10.9. The standard InChI is InChI=1S/C11H15BrN2O2S/c1-3-9(7-17-2)13-10-5-4-8(12)6-11(10)14(15)16/h4-6,9,13H,3,7H2,1-2H3. The summed E-state index contributed by atoms with van der Waals surface area (Å²) in [5.41, 5.74) is 0.693. The normalized spacial score (nSPS) is 12.2. The number of nitro groups is 1. The maximum atomic E-state index is 10.9. The highest BCUT2D eigenvalue weighted by Gasteiger charge is 2.16. The Kier molecular flexibility index (Phi) is 5.77. The van der Waals surface area contributed by atoms with Gasteiger partial charge in [0.25, 0.3) is 5.69 Å². The van der Waals surface area contributed by atoms with E-state index in [2.05, 4.69) is 28.2 Å². The lowest BCUT2D eigenvalue weighted by molar-refractivity contribution is -0.384. The molecule has 1 unspecified atom stereocenters. The van der Waals surface area contributed by atoms with Crippen LogP contribution in [0.15, 0.2) is 22.7 Å². The second kappa shape index (κ2) is 6.86. The van der Waals surface area contributed by atoms with Crippen LogP contribution in [0.3, 0.4) is 0 Å². The molecule has 0 bridgehead atoms. The zero-order chi connectivity index (χ0) is 12.8. The van der Waals surface area contributed by atoms with Crippen molar-refractivity contribution in [2.75, 3.05) is 17.3 Å². The number of rotatable bonds is 6. The third kappa shape index (κ3) is 4.20. The van der Waals surface area contributed by atoms with Gasteiger partial charge in [0.15, 0.2) is 0 Å². The number of nitrogens with zero attached hydrogens (tertiary/aromatic N) is 1. The molecule has 0 fully saturated rings. The van der Waals surface area contributed by atoms with Gasteiger partial charge in [-0.25, -0.2) is 0 Å². The van der Waals surface area contributed by atoms with Gasteiger partial charge in [-0.3, -0.25) is 10.1 Å². The Hall–Kier alpha value is -0.750. The number of nitrogens with one attached hydrogen (secondary N) is 1. The van der Waals surface area contributed by atoms with Gasteiger partial charge in [0.05, 0.1) is 4.92 Å². The lowest BCUT2D eigenvalue weighted by atomic mass is 10.2. The average Bonchev–Trinajstić information content (AvgIpc) is 2.30. The smallest absolute Gasteiger partial charge is 0.293 e. The molecular formula is C11H15BrN2O2S. The van der Waals surface area contributed by atoms with Crippen LogP contribution in [-0.2, 0) is 0 Å². The number of hydrogen-bond acceptors (Lipinski definition) is 4. The molecule has 1 atom stereocenters. The molecule has 1 N–H and O–H groups in total. The van der Waals surface area contributed by atoms with E-state index in [1.165, 1.54) is 6.07 Å². The van der Waals surface area contributed by atoms with Crippen molar-refractivity contribution >= 4 is 39.1 Å². The summed E-state index contributed by atoms with van der Waals surface area (Å²) in [6.07, 6.45) is 2.97. The summed E-state index contributed by atoms with van der Waals surface area (Å²) in [5.74, 6) is 0.934. The van der Waals surface area contributed by atoms with Crippen LogP contribution in [0.1, 0.15) is 13.3 Å². The van der Waals surface area contributed by atoms with E-state index in [-0.39, 0.29) is 16.7 Å². The fraction of sp³-hybridized carbons (Fsp3) is 0.455. The summed E-state index contributed by atoms with van der Waals surface area (Å²) in [7, 11) is 0. The summed E-state index contributed by atoms with van der Waals surface area (Å²) in [5, 5.41) is 14.2. The van der Waals surface area contributed by atoms with Gasteiger partial charge in [0.1, 0.15) is 5.69 Å². The van der Waals surface area contributed by atoms with E-state index in [9.17, 15) is 10.1 Å². The zero-order valence-electron chi connectivity index (χ0n) is 9.77. The van der Waals surface area contributed by atoms with Gasteiger partial charge >= 0.3 is 0 Å². The first-order valence-corrected chi connectivity index (χ1v) is 7.46. The summed E-state index contributed by atoms with van der Waals surface area (Å²) < 4.78 is 0.715. The number of thioether (sulfide) groups is 1. The Labute approximate surface area is 113 Å². The highest BCUT2D eigenvalue weighted by atomic mass is 79.9. The molecule has 1 rings (SSSR count). The quantitative estimate of drug-likeness (QED) is 0.638. The van der Waals surface area contributed by atoms with E-state index in [0.717, 1.165) is 12.2 Å². The highest BCUT2D eigenvalue weighted by molar-refractivity contribution is 9.10. The Morgan fingerprint density at radius 1 is 1.59 bits per heavy atom. The molecule has 0 aliphatic carbocycles. The molecule has 0 saturated heterocycles. The molecule has 0 aliphatic rings. The Morgan fingerprint density at radius 2 is 2.29 bits per heavy atom. The van der Waals surface area contributed by atoms with Crippen molar-refractivity contribution in [1.82, 2.24) is 0 Å². The van der Waals surface area contributed by atoms with Crippen molar-refractivity contribution in [3.05, 3.63) is 32.8 Å². The second-order valence-electron chi connectivity index (χ2n) is 3.62. The topological polar surface area (TPSA) is 55.2 Å². The largest absolute Gasteiger partial charge is 0.376 e. The second-order valence-corrected chi connectivity index (χ2v) is 5.45. The number of benzene rings is 1. The first-order valence-electron chi connectivity index (χ1n) is 5.27. The Morgan fingerprint density at radius 3 is 2.82 bits per heavy atom. The minimum absolute atomic E-state index is 0.110. The molecule has 6 heteroatoms. The maximum Gasteiger partial charge on any atom is 0.293 e. The molecule has 17 heavy (non-hydrogen) atoms. The van der Waals surface area contributed by atoms with E-state index < -0.39 is 0 Å². The number of nitro benzene ring substituents is 1. The van der Waals surface area contributed by atoms with E-state index in [4.69, 9.17) is 0 Å². The van der Waals surface area contributed by atoms with E-state index in [1.54, 1.807) is 23.9 Å². The zero-order valence-corrected chi connectivity index (χ0v) is 12.2. The lowest BCUT2D eigenvalue weighted by Crippen LogP contribution is -2.21.